The number of hydrogen-bond acceptors (Lipinski definition) is 1. The van der Waals surface area contributed by atoms with Crippen LogP contribution in [-0.4, -0.2) is 11.1 Å². The molecular weight excluding hydrogens is 227 g/mol. The normalized spacial score (nSPS) is 33.2. The predicted molar refractivity (Wildman–Crippen MR) is 46.5 cm³/mol. The smallest absolute Gasteiger partial charge is 0.307 e. The maximum Gasteiger partial charge on any atom is 0.307 e. The highest BCUT2D eigenvalue weighted by Crippen LogP contribution is 2.59. The molecule has 0 heterocycles. The minimum Gasteiger partial charge on any atom is -0.481 e. The van der Waals surface area contributed by atoms with Crippen molar-refractivity contribution in [2.75, 3.05) is 0 Å². The number of halogens is 2. The van der Waals surface area contributed by atoms with Gasteiger partial charge in [-0.15, -0.1) is 0 Å². The number of allylic oxidation sites excluding steroid dienone is 1. The molecule has 1 aliphatic carbocycles. The Balaban J connectivity index is 2.73. The minimum atomic E-state index is -0.852. The maximum atomic E-state index is 12.4. The Morgan fingerprint density at radius 2 is 2.17 bits per heavy atom. The molecule has 2 nitrogen and oxygen atoms in total. The van der Waals surface area contributed by atoms with Gasteiger partial charge in [-0.25, -0.2) is 0 Å². The Bertz CT molecular complexity index is 243. The second-order valence-electron chi connectivity index (χ2n) is 3.62. The van der Waals surface area contributed by atoms with E-state index in [1.807, 2.05) is 13.8 Å². The molecule has 1 fully saturated rings. The fraction of sp³-hybridized carbons (Fsp3) is 0.625. The van der Waals surface area contributed by atoms with Crippen molar-refractivity contribution in [1.29, 1.82) is 0 Å². The third-order valence-electron chi connectivity index (χ3n) is 2.48. The molecule has 0 aromatic rings. The molecule has 4 heteroatoms. The topological polar surface area (TPSA) is 37.3 Å². The van der Waals surface area contributed by atoms with Crippen LogP contribution in [-0.2, 0) is 4.79 Å². The predicted octanol–water partition coefficient (Wildman–Crippen LogP) is 2.55. The first-order chi connectivity index (χ1) is 5.37. The molecule has 0 bridgehead atoms. The van der Waals surface area contributed by atoms with Gasteiger partial charge < -0.3 is 5.11 Å². The van der Waals surface area contributed by atoms with Crippen molar-refractivity contribution < 1.29 is 14.3 Å². The van der Waals surface area contributed by atoms with E-state index in [9.17, 15) is 9.18 Å². The largest absolute Gasteiger partial charge is 0.481 e. The molecule has 1 aliphatic rings. The van der Waals surface area contributed by atoms with Gasteiger partial charge in [-0.05, 0) is 27.4 Å². The zero-order chi connectivity index (χ0) is 9.52. The molecule has 0 aromatic heterocycles. The highest BCUT2D eigenvalue weighted by atomic mass is 79.9. The molecule has 0 saturated heterocycles. The van der Waals surface area contributed by atoms with E-state index < -0.39 is 16.6 Å². The number of carboxylic acid groups (broad SMARTS) is 1. The molecule has 68 valence electrons. The Labute approximate surface area is 78.6 Å². The van der Waals surface area contributed by atoms with E-state index in [1.165, 1.54) is 6.08 Å². The van der Waals surface area contributed by atoms with Crippen molar-refractivity contribution in [2.45, 2.75) is 13.8 Å². The fourth-order valence-electron chi connectivity index (χ4n) is 1.60. The SMILES string of the molecule is CC1(C)[C@H](C(=O)O)[C@@H]1C=C(F)Br. The van der Waals surface area contributed by atoms with E-state index in [2.05, 4.69) is 15.9 Å². The van der Waals surface area contributed by atoms with Crippen LogP contribution in [0.15, 0.2) is 10.8 Å². The Morgan fingerprint density at radius 1 is 1.67 bits per heavy atom. The summed E-state index contributed by atoms with van der Waals surface area (Å²) in [6.07, 6.45) is 1.32. The Hall–Kier alpha value is -0.380. The van der Waals surface area contributed by atoms with Crippen molar-refractivity contribution in [3.63, 3.8) is 0 Å². The van der Waals surface area contributed by atoms with Crippen LogP contribution in [0, 0.1) is 17.3 Å². The second kappa shape index (κ2) is 2.83. The second-order valence-corrected chi connectivity index (χ2v) is 4.38. The molecule has 0 aliphatic heterocycles. The standard InChI is InChI=1S/C8H10BrFO2/c1-8(2)4(3-5(9)10)6(8)7(11)12/h3-4,6H,1-2H3,(H,11,12)/t4-,6-/m0/s1. The summed E-state index contributed by atoms with van der Waals surface area (Å²) < 4.78 is 11.9. The molecule has 2 atom stereocenters. The summed E-state index contributed by atoms with van der Waals surface area (Å²) in [6, 6.07) is 0. The van der Waals surface area contributed by atoms with Gasteiger partial charge >= 0.3 is 5.97 Å². The van der Waals surface area contributed by atoms with Crippen LogP contribution < -0.4 is 0 Å². The molecular formula is C8H10BrFO2. The van der Waals surface area contributed by atoms with Gasteiger partial charge in [0, 0.05) is 5.92 Å². The van der Waals surface area contributed by atoms with Crippen LogP contribution >= 0.6 is 15.9 Å². The molecule has 0 unspecified atom stereocenters. The Morgan fingerprint density at radius 3 is 2.42 bits per heavy atom. The highest BCUT2D eigenvalue weighted by Gasteiger charge is 2.61. The number of carboxylic acids is 1. The maximum absolute atomic E-state index is 12.4. The lowest BCUT2D eigenvalue weighted by molar-refractivity contribution is -0.139. The zero-order valence-corrected chi connectivity index (χ0v) is 8.43. The average molecular weight is 237 g/mol. The first kappa shape index (κ1) is 9.71. The fourth-order valence-corrected chi connectivity index (χ4v) is 1.88. The van der Waals surface area contributed by atoms with Crippen molar-refractivity contribution in [3.05, 3.63) is 10.8 Å². The lowest BCUT2D eigenvalue weighted by Gasteiger charge is -1.95. The van der Waals surface area contributed by atoms with Gasteiger partial charge in [0.1, 0.15) is 0 Å². The molecule has 0 spiro atoms. The van der Waals surface area contributed by atoms with Crippen molar-refractivity contribution >= 4 is 21.9 Å². The third kappa shape index (κ3) is 1.53. The van der Waals surface area contributed by atoms with Gasteiger partial charge in [0.2, 0.25) is 0 Å². The summed E-state index contributed by atoms with van der Waals surface area (Å²) >= 11 is 2.64. The third-order valence-corrected chi connectivity index (χ3v) is 2.75. The van der Waals surface area contributed by atoms with E-state index >= 15 is 0 Å². The molecule has 1 N–H and O–H groups in total. The van der Waals surface area contributed by atoms with Gasteiger partial charge in [0.05, 0.1) is 5.92 Å². The first-order valence-corrected chi connectivity index (χ1v) is 4.42. The lowest BCUT2D eigenvalue weighted by Crippen LogP contribution is -2.02. The summed E-state index contributed by atoms with van der Waals surface area (Å²) in [5.74, 6) is -1.48. The molecule has 12 heavy (non-hydrogen) atoms. The number of rotatable bonds is 2. The Kier molecular flexibility index (Phi) is 2.29. The zero-order valence-electron chi connectivity index (χ0n) is 6.84. The van der Waals surface area contributed by atoms with Gasteiger partial charge in [0.15, 0.2) is 4.74 Å². The summed E-state index contributed by atoms with van der Waals surface area (Å²) in [4.78, 5) is 10.6. The van der Waals surface area contributed by atoms with Crippen LogP contribution in [0.5, 0.6) is 0 Å². The average Bonchev–Trinajstić information content (AvgIpc) is 2.32. The molecule has 1 rings (SSSR count). The van der Waals surface area contributed by atoms with Gasteiger partial charge in [-0.1, -0.05) is 13.8 Å². The van der Waals surface area contributed by atoms with E-state index in [4.69, 9.17) is 5.11 Å². The van der Waals surface area contributed by atoms with E-state index in [1.54, 1.807) is 0 Å². The number of carbonyl (C=O) groups is 1. The van der Waals surface area contributed by atoms with Crippen molar-refractivity contribution in [2.24, 2.45) is 17.3 Å². The van der Waals surface area contributed by atoms with Crippen LogP contribution in [0.25, 0.3) is 0 Å². The van der Waals surface area contributed by atoms with Crippen LogP contribution in [0.1, 0.15) is 13.8 Å². The number of hydrogen-bond donors (Lipinski definition) is 1. The van der Waals surface area contributed by atoms with Crippen LogP contribution in [0.3, 0.4) is 0 Å². The van der Waals surface area contributed by atoms with Crippen molar-refractivity contribution in [3.8, 4) is 0 Å². The van der Waals surface area contributed by atoms with E-state index in [0.29, 0.717) is 0 Å². The van der Waals surface area contributed by atoms with Crippen LogP contribution in [0.4, 0.5) is 4.39 Å². The monoisotopic (exact) mass is 236 g/mol. The van der Waals surface area contributed by atoms with Gasteiger partial charge in [-0.3, -0.25) is 4.79 Å². The summed E-state index contributed by atoms with van der Waals surface area (Å²) in [6.45, 7) is 3.64. The van der Waals surface area contributed by atoms with E-state index in [0.717, 1.165) is 0 Å². The van der Waals surface area contributed by atoms with Gasteiger partial charge in [0.25, 0.3) is 0 Å². The summed E-state index contributed by atoms with van der Waals surface area (Å²) in [5.41, 5.74) is -0.309. The first-order valence-electron chi connectivity index (χ1n) is 3.63. The van der Waals surface area contributed by atoms with Gasteiger partial charge in [-0.2, -0.15) is 4.39 Å². The summed E-state index contributed by atoms with van der Waals surface area (Å²) in [7, 11) is 0. The molecule has 0 radical (unpaired) electrons. The lowest BCUT2D eigenvalue weighted by atomic mass is 10.1. The quantitative estimate of drug-likeness (QED) is 0.801. The summed E-state index contributed by atoms with van der Waals surface area (Å²) in [5, 5.41) is 8.71. The molecule has 1 saturated carbocycles. The van der Waals surface area contributed by atoms with E-state index in [-0.39, 0.29) is 11.3 Å². The highest BCUT2D eigenvalue weighted by molar-refractivity contribution is 9.11. The minimum absolute atomic E-state index is 0.186. The molecule has 0 amide bonds. The van der Waals surface area contributed by atoms with Crippen molar-refractivity contribution in [1.82, 2.24) is 0 Å². The van der Waals surface area contributed by atoms with Crippen LogP contribution in [0.2, 0.25) is 0 Å². The molecule has 0 aromatic carbocycles. The number of aliphatic carboxylic acids is 1.